The number of amidine groups is 1. The molecule has 1 aliphatic rings. The summed E-state index contributed by atoms with van der Waals surface area (Å²) in [6.45, 7) is 4.25. The van der Waals surface area contributed by atoms with E-state index in [-0.39, 0.29) is 11.9 Å². The third kappa shape index (κ3) is 3.48. The standard InChI is InChI=1S/C17H23N7O/c1-10-9-25-6-5-24(10)15-8-14(22-17(21-2)23-15)11-3-4-12(16(19)20)13(18)7-11/h3-4,7-8,10H,5-6,9,18H2,1-2H3,(H3,19,20)(H,21,22,23). The van der Waals surface area contributed by atoms with Gasteiger partial charge in [-0.1, -0.05) is 6.07 Å². The predicted molar refractivity (Wildman–Crippen MR) is 100 cm³/mol. The summed E-state index contributed by atoms with van der Waals surface area (Å²) in [5, 5.41) is 10.6. The first-order valence-electron chi connectivity index (χ1n) is 8.15. The fourth-order valence-electron chi connectivity index (χ4n) is 2.88. The molecule has 2 aromatic rings. The second-order valence-electron chi connectivity index (χ2n) is 6.02. The van der Waals surface area contributed by atoms with E-state index in [4.69, 9.17) is 21.6 Å². The monoisotopic (exact) mass is 341 g/mol. The molecule has 25 heavy (non-hydrogen) atoms. The molecule has 0 bridgehead atoms. The highest BCUT2D eigenvalue weighted by molar-refractivity contribution is 6.00. The van der Waals surface area contributed by atoms with E-state index in [1.54, 1.807) is 19.2 Å². The Bertz CT molecular complexity index is 793. The van der Waals surface area contributed by atoms with Gasteiger partial charge in [-0.25, -0.2) is 4.98 Å². The normalized spacial score (nSPS) is 17.4. The summed E-state index contributed by atoms with van der Waals surface area (Å²) in [6.07, 6.45) is 0. The highest BCUT2D eigenvalue weighted by atomic mass is 16.5. The topological polar surface area (TPSA) is 126 Å². The molecule has 0 aliphatic carbocycles. The van der Waals surface area contributed by atoms with Crippen LogP contribution in [0, 0.1) is 5.41 Å². The van der Waals surface area contributed by atoms with Crippen molar-refractivity contribution in [2.45, 2.75) is 13.0 Å². The van der Waals surface area contributed by atoms with Crippen LogP contribution in [0.2, 0.25) is 0 Å². The zero-order valence-corrected chi connectivity index (χ0v) is 14.4. The average Bonchev–Trinajstić information content (AvgIpc) is 2.61. The van der Waals surface area contributed by atoms with Crippen LogP contribution in [0.3, 0.4) is 0 Å². The average molecular weight is 341 g/mol. The molecule has 1 fully saturated rings. The largest absolute Gasteiger partial charge is 0.398 e. The number of ether oxygens (including phenoxy) is 1. The smallest absolute Gasteiger partial charge is 0.224 e. The Balaban J connectivity index is 2.03. The third-order valence-corrected chi connectivity index (χ3v) is 4.24. The maximum Gasteiger partial charge on any atom is 0.224 e. The van der Waals surface area contributed by atoms with Gasteiger partial charge in [-0.15, -0.1) is 0 Å². The van der Waals surface area contributed by atoms with Crippen LogP contribution in [0.5, 0.6) is 0 Å². The van der Waals surface area contributed by atoms with Gasteiger partial charge in [0.1, 0.15) is 11.7 Å². The van der Waals surface area contributed by atoms with E-state index >= 15 is 0 Å². The number of hydrogen-bond donors (Lipinski definition) is 4. The summed E-state index contributed by atoms with van der Waals surface area (Å²) in [7, 11) is 1.79. The summed E-state index contributed by atoms with van der Waals surface area (Å²) in [6, 6.07) is 7.58. The van der Waals surface area contributed by atoms with Crippen LogP contribution in [0.15, 0.2) is 24.3 Å². The first-order valence-corrected chi connectivity index (χ1v) is 8.15. The molecule has 0 radical (unpaired) electrons. The lowest BCUT2D eigenvalue weighted by molar-refractivity contribution is 0.0985. The molecule has 132 valence electrons. The van der Waals surface area contributed by atoms with Gasteiger partial charge in [-0.2, -0.15) is 4.98 Å². The molecule has 6 N–H and O–H groups in total. The first kappa shape index (κ1) is 17.0. The Kier molecular flexibility index (Phi) is 4.71. The fourth-order valence-corrected chi connectivity index (χ4v) is 2.88. The Labute approximate surface area is 146 Å². The van der Waals surface area contributed by atoms with E-state index < -0.39 is 0 Å². The number of aromatic nitrogens is 2. The molecule has 1 aromatic heterocycles. The van der Waals surface area contributed by atoms with Crippen molar-refractivity contribution < 1.29 is 4.74 Å². The van der Waals surface area contributed by atoms with Crippen molar-refractivity contribution in [2.24, 2.45) is 5.73 Å². The van der Waals surface area contributed by atoms with E-state index in [1.165, 1.54) is 0 Å². The summed E-state index contributed by atoms with van der Waals surface area (Å²) in [5.41, 5.74) is 14.1. The number of nitrogen functional groups attached to an aromatic ring is 2. The number of anilines is 3. The molecule has 1 unspecified atom stereocenters. The number of nitrogens with one attached hydrogen (secondary N) is 2. The molecule has 1 atom stereocenters. The van der Waals surface area contributed by atoms with Gasteiger partial charge in [-0.05, 0) is 19.1 Å². The molecule has 8 nitrogen and oxygen atoms in total. The third-order valence-electron chi connectivity index (χ3n) is 4.24. The number of benzene rings is 1. The molecule has 1 aliphatic heterocycles. The van der Waals surface area contributed by atoms with Crippen LogP contribution in [0.1, 0.15) is 12.5 Å². The minimum absolute atomic E-state index is 0.0505. The van der Waals surface area contributed by atoms with Gasteiger partial charge in [-0.3, -0.25) is 5.41 Å². The van der Waals surface area contributed by atoms with Gasteiger partial charge in [0.15, 0.2) is 0 Å². The SMILES string of the molecule is CNc1nc(-c2ccc(C(=N)N)c(N)c2)cc(N2CCOCC2C)n1. The maximum atomic E-state index is 7.55. The lowest BCUT2D eigenvalue weighted by Gasteiger charge is -2.34. The van der Waals surface area contributed by atoms with Crippen LogP contribution < -0.4 is 21.7 Å². The zero-order chi connectivity index (χ0) is 18.0. The molecular formula is C17H23N7O. The van der Waals surface area contributed by atoms with Crippen molar-refractivity contribution >= 4 is 23.3 Å². The molecule has 0 saturated carbocycles. The highest BCUT2D eigenvalue weighted by Gasteiger charge is 2.21. The molecule has 2 heterocycles. The molecule has 8 heteroatoms. The number of nitrogens with zero attached hydrogens (tertiary/aromatic N) is 3. The zero-order valence-electron chi connectivity index (χ0n) is 14.4. The molecule has 0 spiro atoms. The van der Waals surface area contributed by atoms with Gasteiger partial charge < -0.3 is 26.4 Å². The summed E-state index contributed by atoms with van der Waals surface area (Å²) >= 11 is 0. The van der Waals surface area contributed by atoms with Crippen molar-refractivity contribution in [1.29, 1.82) is 5.41 Å². The molecular weight excluding hydrogens is 318 g/mol. The summed E-state index contributed by atoms with van der Waals surface area (Å²) in [4.78, 5) is 11.3. The van der Waals surface area contributed by atoms with E-state index in [0.717, 1.165) is 23.6 Å². The second-order valence-corrected chi connectivity index (χ2v) is 6.02. The van der Waals surface area contributed by atoms with E-state index in [9.17, 15) is 0 Å². The lowest BCUT2D eigenvalue weighted by atomic mass is 10.1. The van der Waals surface area contributed by atoms with Crippen LogP contribution in [0.25, 0.3) is 11.3 Å². The molecule has 1 aromatic carbocycles. The van der Waals surface area contributed by atoms with Gasteiger partial charge >= 0.3 is 0 Å². The van der Waals surface area contributed by atoms with Crippen molar-refractivity contribution in [3.8, 4) is 11.3 Å². The fraction of sp³-hybridized carbons (Fsp3) is 0.353. The van der Waals surface area contributed by atoms with Crippen molar-refractivity contribution in [1.82, 2.24) is 9.97 Å². The van der Waals surface area contributed by atoms with Gasteiger partial charge in [0, 0.05) is 36.5 Å². The van der Waals surface area contributed by atoms with E-state index in [1.807, 2.05) is 12.1 Å². The van der Waals surface area contributed by atoms with Crippen LogP contribution in [-0.2, 0) is 4.74 Å². The highest BCUT2D eigenvalue weighted by Crippen LogP contribution is 2.27. The van der Waals surface area contributed by atoms with Crippen molar-refractivity contribution in [3.63, 3.8) is 0 Å². The Hall–Kier alpha value is -2.87. The minimum Gasteiger partial charge on any atom is -0.398 e. The lowest BCUT2D eigenvalue weighted by Crippen LogP contribution is -2.44. The minimum atomic E-state index is -0.0505. The molecule has 1 saturated heterocycles. The van der Waals surface area contributed by atoms with Gasteiger partial charge in [0.2, 0.25) is 5.95 Å². The number of hydrogen-bond acceptors (Lipinski definition) is 7. The quantitative estimate of drug-likeness (QED) is 0.375. The summed E-state index contributed by atoms with van der Waals surface area (Å²) in [5.74, 6) is 1.34. The number of nitrogens with two attached hydrogens (primary N) is 2. The van der Waals surface area contributed by atoms with E-state index in [0.29, 0.717) is 30.4 Å². The summed E-state index contributed by atoms with van der Waals surface area (Å²) < 4.78 is 5.51. The first-order chi connectivity index (χ1) is 12.0. The van der Waals surface area contributed by atoms with Crippen molar-refractivity contribution in [2.75, 3.05) is 42.8 Å². The van der Waals surface area contributed by atoms with Crippen LogP contribution in [0.4, 0.5) is 17.5 Å². The van der Waals surface area contributed by atoms with E-state index in [2.05, 4.69) is 27.1 Å². The number of rotatable bonds is 4. The van der Waals surface area contributed by atoms with Crippen molar-refractivity contribution in [3.05, 3.63) is 29.8 Å². The van der Waals surface area contributed by atoms with Gasteiger partial charge in [0.25, 0.3) is 0 Å². The molecule has 3 rings (SSSR count). The molecule has 0 amide bonds. The van der Waals surface area contributed by atoms with Crippen LogP contribution in [-0.4, -0.2) is 48.7 Å². The Morgan fingerprint density at radius 1 is 1.36 bits per heavy atom. The maximum absolute atomic E-state index is 7.55. The number of morpholine rings is 1. The van der Waals surface area contributed by atoms with Gasteiger partial charge in [0.05, 0.1) is 24.9 Å². The second kappa shape index (κ2) is 6.94. The predicted octanol–water partition coefficient (Wildman–Crippen LogP) is 1.28. The Morgan fingerprint density at radius 3 is 2.80 bits per heavy atom. The van der Waals surface area contributed by atoms with Crippen LogP contribution >= 0.6 is 0 Å². The Morgan fingerprint density at radius 2 is 2.16 bits per heavy atom.